The van der Waals surface area contributed by atoms with Crippen LogP contribution >= 0.6 is 11.6 Å². The summed E-state index contributed by atoms with van der Waals surface area (Å²) in [6.07, 6.45) is -4.60. The quantitative estimate of drug-likeness (QED) is 0.793. The van der Waals surface area contributed by atoms with Crippen molar-refractivity contribution in [1.82, 2.24) is 10.6 Å². The van der Waals surface area contributed by atoms with Crippen molar-refractivity contribution in [3.63, 3.8) is 0 Å². The van der Waals surface area contributed by atoms with E-state index in [1.165, 1.54) is 12.4 Å². The molecule has 0 atom stereocenters. The summed E-state index contributed by atoms with van der Waals surface area (Å²) in [5.41, 5.74) is -0.294. The number of aromatic hydroxyl groups is 1. The molecule has 0 unspecified atom stereocenters. The third kappa shape index (κ3) is 5.03. The summed E-state index contributed by atoms with van der Waals surface area (Å²) < 4.78 is 40.4. The fourth-order valence-electron chi connectivity index (χ4n) is 1.28. The minimum atomic E-state index is -4.60. The zero-order chi connectivity index (χ0) is 16.2. The molecule has 10 heteroatoms. The Hall–Kier alpha value is -2.16. The van der Waals surface area contributed by atoms with Crippen molar-refractivity contribution in [1.29, 1.82) is 0 Å². The Morgan fingerprint density at radius 2 is 2.00 bits per heavy atom. The molecule has 0 heterocycles. The summed E-state index contributed by atoms with van der Waals surface area (Å²) in [7, 11) is 1.26. The van der Waals surface area contributed by atoms with Gasteiger partial charge >= 0.3 is 12.2 Å². The lowest BCUT2D eigenvalue weighted by Gasteiger charge is -2.11. The average molecular weight is 327 g/mol. The maximum atomic E-state index is 11.9. The van der Waals surface area contributed by atoms with Gasteiger partial charge in [0.25, 0.3) is 5.91 Å². The van der Waals surface area contributed by atoms with Crippen molar-refractivity contribution in [2.45, 2.75) is 6.18 Å². The van der Waals surface area contributed by atoms with Crippen LogP contribution in [0.2, 0.25) is 5.02 Å². The Bertz CT molecular complexity index is 563. The minimum Gasteiger partial charge on any atom is -0.504 e. The molecule has 1 rings (SSSR count). The molecule has 21 heavy (non-hydrogen) atoms. The lowest BCUT2D eigenvalue weighted by Crippen LogP contribution is -2.43. The summed E-state index contributed by atoms with van der Waals surface area (Å²) in [5.74, 6) is -1.49. The lowest BCUT2D eigenvalue weighted by atomic mass is 10.2. The van der Waals surface area contributed by atoms with Gasteiger partial charge in [0.1, 0.15) is 6.54 Å². The summed E-state index contributed by atoms with van der Waals surface area (Å²) >= 11 is 5.74. The number of phenolic OH excluding ortho intramolecular Hbond substituents is 1. The number of ether oxygens (including phenoxy) is 1. The van der Waals surface area contributed by atoms with Crippen molar-refractivity contribution in [2.24, 2.45) is 0 Å². The van der Waals surface area contributed by atoms with Gasteiger partial charge in [-0.15, -0.1) is 0 Å². The zero-order valence-electron chi connectivity index (χ0n) is 10.5. The second-order valence-corrected chi connectivity index (χ2v) is 4.16. The van der Waals surface area contributed by atoms with Gasteiger partial charge in [-0.3, -0.25) is 10.1 Å². The van der Waals surface area contributed by atoms with Crippen LogP contribution in [0.25, 0.3) is 0 Å². The maximum absolute atomic E-state index is 11.9. The summed E-state index contributed by atoms with van der Waals surface area (Å²) in [4.78, 5) is 22.8. The molecule has 0 bridgehead atoms. The molecule has 6 nitrogen and oxygen atoms in total. The number of halogens is 4. The second-order valence-electron chi connectivity index (χ2n) is 3.76. The van der Waals surface area contributed by atoms with Gasteiger partial charge in [-0.25, -0.2) is 4.79 Å². The van der Waals surface area contributed by atoms with Crippen LogP contribution in [0.5, 0.6) is 11.5 Å². The Balaban J connectivity index is 2.76. The van der Waals surface area contributed by atoms with E-state index in [-0.39, 0.29) is 16.3 Å². The lowest BCUT2D eigenvalue weighted by molar-refractivity contribution is -0.122. The highest BCUT2D eigenvalue weighted by atomic mass is 35.5. The van der Waals surface area contributed by atoms with E-state index in [9.17, 15) is 27.9 Å². The first-order valence-electron chi connectivity index (χ1n) is 5.36. The molecular formula is C11H10ClF3N2O4. The van der Waals surface area contributed by atoms with E-state index in [2.05, 4.69) is 0 Å². The van der Waals surface area contributed by atoms with Gasteiger partial charge in [-0.1, -0.05) is 11.6 Å². The van der Waals surface area contributed by atoms with Crippen LogP contribution in [-0.4, -0.2) is 36.9 Å². The predicted octanol–water partition coefficient (Wildman–Crippen LogP) is 2.06. The van der Waals surface area contributed by atoms with E-state index < -0.39 is 30.4 Å². The number of rotatable bonds is 3. The van der Waals surface area contributed by atoms with Crippen LogP contribution in [0.4, 0.5) is 18.0 Å². The number of nitrogens with one attached hydrogen (secondary N) is 2. The number of amides is 3. The highest BCUT2D eigenvalue weighted by molar-refractivity contribution is 6.34. The third-order valence-corrected chi connectivity index (χ3v) is 2.50. The SMILES string of the molecule is COc1cc(Cl)c(C(=O)NC(=O)NCC(F)(F)F)cc1O. The first-order chi connectivity index (χ1) is 9.64. The summed E-state index contributed by atoms with van der Waals surface area (Å²) in [6.45, 7) is -1.59. The minimum absolute atomic E-state index is 0.00178. The Morgan fingerprint density at radius 3 is 2.52 bits per heavy atom. The van der Waals surface area contributed by atoms with E-state index in [0.717, 1.165) is 12.1 Å². The Labute approximate surface area is 121 Å². The molecule has 0 aliphatic carbocycles. The number of phenols is 1. The molecule has 116 valence electrons. The molecule has 0 saturated heterocycles. The first-order valence-corrected chi connectivity index (χ1v) is 5.74. The van der Waals surface area contributed by atoms with E-state index >= 15 is 0 Å². The Kier molecular flexibility index (Phi) is 5.25. The second kappa shape index (κ2) is 6.53. The number of methoxy groups -OCH3 is 1. The smallest absolute Gasteiger partial charge is 0.405 e. The number of alkyl halides is 3. The molecule has 3 N–H and O–H groups in total. The van der Waals surface area contributed by atoms with Crippen molar-refractivity contribution in [3.05, 3.63) is 22.7 Å². The fourth-order valence-corrected chi connectivity index (χ4v) is 1.52. The van der Waals surface area contributed by atoms with E-state index in [1.54, 1.807) is 5.32 Å². The zero-order valence-corrected chi connectivity index (χ0v) is 11.3. The van der Waals surface area contributed by atoms with Crippen molar-refractivity contribution < 1.29 is 32.6 Å². The fraction of sp³-hybridized carbons (Fsp3) is 0.273. The van der Waals surface area contributed by atoms with E-state index in [4.69, 9.17) is 16.3 Å². The van der Waals surface area contributed by atoms with Gasteiger partial charge in [-0.05, 0) is 6.07 Å². The van der Waals surface area contributed by atoms with E-state index in [0.29, 0.717) is 0 Å². The molecule has 0 aromatic heterocycles. The van der Waals surface area contributed by atoms with Crippen molar-refractivity contribution in [2.75, 3.05) is 13.7 Å². The molecule has 0 radical (unpaired) electrons. The monoisotopic (exact) mass is 326 g/mol. The summed E-state index contributed by atoms with van der Waals surface area (Å²) in [6, 6.07) is 0.705. The van der Waals surface area contributed by atoms with Crippen molar-refractivity contribution >= 4 is 23.5 Å². The number of hydrogen-bond donors (Lipinski definition) is 3. The number of carbonyl (C=O) groups is 2. The van der Waals surface area contributed by atoms with Gasteiger partial charge in [0, 0.05) is 6.07 Å². The van der Waals surface area contributed by atoms with E-state index in [1.807, 2.05) is 0 Å². The molecule has 0 spiro atoms. The summed E-state index contributed by atoms with van der Waals surface area (Å²) in [5, 5.41) is 12.5. The molecule has 0 saturated carbocycles. The third-order valence-electron chi connectivity index (χ3n) is 2.19. The number of urea groups is 1. The van der Waals surface area contributed by atoms with Crippen LogP contribution in [0.15, 0.2) is 12.1 Å². The highest BCUT2D eigenvalue weighted by Gasteiger charge is 2.28. The maximum Gasteiger partial charge on any atom is 0.405 e. The van der Waals surface area contributed by atoms with Crippen LogP contribution in [0.1, 0.15) is 10.4 Å². The van der Waals surface area contributed by atoms with Gasteiger partial charge < -0.3 is 15.2 Å². The average Bonchev–Trinajstić information content (AvgIpc) is 2.37. The molecule has 0 fully saturated rings. The van der Waals surface area contributed by atoms with Crippen LogP contribution in [0, 0.1) is 0 Å². The molecule has 0 aliphatic heterocycles. The van der Waals surface area contributed by atoms with Crippen molar-refractivity contribution in [3.8, 4) is 11.5 Å². The largest absolute Gasteiger partial charge is 0.504 e. The van der Waals surface area contributed by atoms with Crippen LogP contribution in [0.3, 0.4) is 0 Å². The predicted molar refractivity (Wildman–Crippen MR) is 66.6 cm³/mol. The topological polar surface area (TPSA) is 87.7 Å². The number of benzene rings is 1. The number of hydrogen-bond acceptors (Lipinski definition) is 4. The molecule has 3 amide bonds. The number of carbonyl (C=O) groups excluding carboxylic acids is 2. The van der Waals surface area contributed by atoms with Gasteiger partial charge in [0.15, 0.2) is 11.5 Å². The number of imide groups is 1. The van der Waals surface area contributed by atoms with Crippen LogP contribution in [-0.2, 0) is 0 Å². The standard InChI is InChI=1S/C11H10ClF3N2O4/c1-21-8-3-6(12)5(2-7(8)18)9(19)17-10(20)16-4-11(13,14)15/h2-3,18H,4H2,1H3,(H2,16,17,19,20). The first kappa shape index (κ1) is 16.9. The van der Waals surface area contributed by atoms with Gasteiger partial charge in [-0.2, -0.15) is 13.2 Å². The van der Waals surface area contributed by atoms with Gasteiger partial charge in [0.2, 0.25) is 0 Å². The molecule has 1 aromatic carbocycles. The highest BCUT2D eigenvalue weighted by Crippen LogP contribution is 2.32. The normalized spacial score (nSPS) is 10.9. The molecule has 0 aliphatic rings. The molecule has 1 aromatic rings. The van der Waals surface area contributed by atoms with Crippen LogP contribution < -0.4 is 15.4 Å². The Morgan fingerprint density at radius 1 is 1.38 bits per heavy atom. The van der Waals surface area contributed by atoms with Gasteiger partial charge in [0.05, 0.1) is 17.7 Å². The molecular weight excluding hydrogens is 317 g/mol.